The van der Waals surface area contributed by atoms with E-state index in [9.17, 15) is 34.1 Å². The first-order valence-corrected chi connectivity index (χ1v) is 6.77. The Hall–Kier alpha value is -3.63. The van der Waals surface area contributed by atoms with Crippen LogP contribution in [0.2, 0.25) is 0 Å². The zero-order chi connectivity index (χ0) is 18.7. The molecule has 0 bridgehead atoms. The first kappa shape index (κ1) is 17.7. The molecule has 25 heavy (non-hydrogen) atoms. The highest BCUT2D eigenvalue weighted by Crippen LogP contribution is 2.26. The molecular weight excluding hydrogens is 338 g/mol. The van der Waals surface area contributed by atoms with E-state index < -0.39 is 36.1 Å². The van der Waals surface area contributed by atoms with Crippen LogP contribution in [0.3, 0.4) is 0 Å². The van der Waals surface area contributed by atoms with E-state index in [4.69, 9.17) is 0 Å². The summed E-state index contributed by atoms with van der Waals surface area (Å²) in [6.07, 6.45) is 0.687. The Morgan fingerprint density at radius 1 is 1.28 bits per heavy atom. The van der Waals surface area contributed by atoms with Gasteiger partial charge in [-0.15, -0.1) is 10.1 Å². The maximum absolute atomic E-state index is 12.3. The zero-order valence-electron chi connectivity index (χ0n) is 12.8. The lowest BCUT2D eigenvalue weighted by Crippen LogP contribution is -2.31. The second kappa shape index (κ2) is 6.86. The molecule has 0 saturated heterocycles. The molecule has 0 unspecified atom stereocenters. The number of carbonyl (C=O) groups excluding carboxylic acids is 5. The van der Waals surface area contributed by atoms with Gasteiger partial charge in [0.2, 0.25) is 0 Å². The second-order valence-electron chi connectivity index (χ2n) is 4.98. The third-order valence-corrected chi connectivity index (χ3v) is 3.46. The number of amides is 3. The summed E-state index contributed by atoms with van der Waals surface area (Å²) in [6, 6.07) is 2.12. The molecule has 0 aliphatic carbocycles. The molecule has 1 aliphatic rings. The zero-order valence-corrected chi connectivity index (χ0v) is 12.8. The number of fused-ring (bicyclic) bond motifs is 1. The highest BCUT2D eigenvalue weighted by molar-refractivity contribution is 6.23. The van der Waals surface area contributed by atoms with Crippen molar-refractivity contribution in [1.82, 2.24) is 9.80 Å². The minimum absolute atomic E-state index is 0.102. The molecule has 1 aliphatic heterocycles. The molecule has 0 atom stereocenters. The molecule has 1 heterocycles. The molecule has 0 fully saturated rings. The average molecular weight is 349 g/mol. The third-order valence-electron chi connectivity index (χ3n) is 3.46. The molecule has 2 rings (SSSR count). The number of nitrogens with zero attached hydrogens (tertiary/aromatic N) is 3. The van der Waals surface area contributed by atoms with Gasteiger partial charge in [0.1, 0.15) is 6.29 Å². The van der Waals surface area contributed by atoms with E-state index in [0.717, 1.165) is 17.0 Å². The van der Waals surface area contributed by atoms with Crippen LogP contribution in [0.15, 0.2) is 12.1 Å². The minimum atomic E-state index is -1.09. The van der Waals surface area contributed by atoms with Gasteiger partial charge in [-0.3, -0.25) is 28.9 Å². The normalized spacial score (nSPS) is 12.6. The van der Waals surface area contributed by atoms with Crippen molar-refractivity contribution in [3.8, 4) is 0 Å². The summed E-state index contributed by atoms with van der Waals surface area (Å²) in [7, 11) is 1.19. The summed E-state index contributed by atoms with van der Waals surface area (Å²) < 4.78 is 0. The van der Waals surface area contributed by atoms with E-state index in [0.29, 0.717) is 17.5 Å². The summed E-state index contributed by atoms with van der Waals surface area (Å²) >= 11 is 0. The molecule has 3 amide bonds. The quantitative estimate of drug-likeness (QED) is 0.211. The number of benzene rings is 1. The first-order chi connectivity index (χ1) is 11.8. The van der Waals surface area contributed by atoms with Crippen LogP contribution in [-0.4, -0.2) is 65.5 Å². The van der Waals surface area contributed by atoms with Gasteiger partial charge in [0.05, 0.1) is 23.2 Å². The van der Waals surface area contributed by atoms with Gasteiger partial charge in [-0.25, -0.2) is 0 Å². The van der Waals surface area contributed by atoms with Crippen LogP contribution in [0, 0.1) is 10.1 Å². The van der Waals surface area contributed by atoms with Crippen LogP contribution in [-0.2, 0) is 9.63 Å². The number of rotatable bonds is 7. The van der Waals surface area contributed by atoms with Crippen LogP contribution < -0.4 is 0 Å². The highest BCUT2D eigenvalue weighted by Gasteiger charge is 2.37. The molecule has 0 N–H and O–H groups in total. The molecule has 0 saturated carbocycles. The number of hydrogen-bond acceptors (Lipinski definition) is 8. The van der Waals surface area contributed by atoms with Gasteiger partial charge in [0.15, 0.2) is 13.0 Å². The second-order valence-corrected chi connectivity index (χ2v) is 4.98. The summed E-state index contributed by atoms with van der Waals surface area (Å²) in [5.74, 6) is -2.34. The Morgan fingerprint density at radius 2 is 1.88 bits per heavy atom. The lowest BCUT2D eigenvalue weighted by atomic mass is 9.99. The van der Waals surface area contributed by atoms with Crippen LogP contribution in [0.1, 0.15) is 41.4 Å². The van der Waals surface area contributed by atoms with Gasteiger partial charge in [-0.1, -0.05) is 0 Å². The molecule has 11 heteroatoms. The number of carbonyl (C=O) groups is 5. The van der Waals surface area contributed by atoms with Crippen molar-refractivity contribution in [2.24, 2.45) is 0 Å². The monoisotopic (exact) mass is 349 g/mol. The summed E-state index contributed by atoms with van der Waals surface area (Å²) in [4.78, 5) is 74.2. The van der Waals surface area contributed by atoms with Crippen molar-refractivity contribution < 1.29 is 33.9 Å². The summed E-state index contributed by atoms with van der Waals surface area (Å²) in [6.45, 7) is -1.14. The summed E-state index contributed by atoms with van der Waals surface area (Å²) in [5, 5.41) is 9.10. The van der Waals surface area contributed by atoms with Crippen molar-refractivity contribution in [3.63, 3.8) is 0 Å². The Balaban J connectivity index is 2.42. The maximum Gasteiger partial charge on any atom is 0.296 e. The highest BCUT2D eigenvalue weighted by atomic mass is 17.0. The fourth-order valence-corrected chi connectivity index (χ4v) is 2.27. The maximum atomic E-state index is 12.3. The Kier molecular flexibility index (Phi) is 4.86. The van der Waals surface area contributed by atoms with Gasteiger partial charge in [0.25, 0.3) is 22.8 Å². The third kappa shape index (κ3) is 3.20. The first-order valence-electron chi connectivity index (χ1n) is 6.77. The molecule has 1 aromatic rings. The van der Waals surface area contributed by atoms with Crippen molar-refractivity contribution >= 4 is 30.3 Å². The lowest BCUT2D eigenvalue weighted by molar-refractivity contribution is -0.761. The van der Waals surface area contributed by atoms with Gasteiger partial charge >= 0.3 is 0 Å². The average Bonchev–Trinajstić information content (AvgIpc) is 2.82. The van der Waals surface area contributed by atoms with E-state index in [1.165, 1.54) is 7.05 Å². The molecular formula is C14H11N3O8. The number of hydrogen-bond donors (Lipinski definition) is 0. The molecule has 1 aromatic carbocycles. The van der Waals surface area contributed by atoms with E-state index in [2.05, 4.69) is 4.84 Å². The van der Waals surface area contributed by atoms with Crippen molar-refractivity contribution in [3.05, 3.63) is 44.5 Å². The molecule has 0 radical (unpaired) electrons. The summed E-state index contributed by atoms with van der Waals surface area (Å²) in [5.41, 5.74) is -0.637. The fourth-order valence-electron chi connectivity index (χ4n) is 2.27. The Morgan fingerprint density at radius 3 is 2.40 bits per heavy atom. The van der Waals surface area contributed by atoms with Gasteiger partial charge in [0, 0.05) is 12.6 Å². The predicted molar refractivity (Wildman–Crippen MR) is 78.3 cm³/mol. The topological polar surface area (TPSA) is 144 Å². The van der Waals surface area contributed by atoms with E-state index in [-0.39, 0.29) is 22.3 Å². The van der Waals surface area contributed by atoms with E-state index in [1.807, 2.05) is 0 Å². The lowest BCUT2D eigenvalue weighted by Gasteiger charge is -2.16. The number of aldehydes is 2. The van der Waals surface area contributed by atoms with Gasteiger partial charge < -0.3 is 9.69 Å². The Bertz CT molecular complexity index is 804. The molecule has 0 spiro atoms. The fraction of sp³-hybridized carbons (Fsp3) is 0.214. The van der Waals surface area contributed by atoms with Crippen molar-refractivity contribution in [2.75, 3.05) is 20.3 Å². The minimum Gasteiger partial charge on any atom is -0.318 e. The Labute approximate surface area is 139 Å². The molecule has 11 nitrogen and oxygen atoms in total. The smallest absolute Gasteiger partial charge is 0.296 e. The van der Waals surface area contributed by atoms with Crippen molar-refractivity contribution in [2.45, 2.75) is 0 Å². The standard InChI is InChI=1S/C14H11N3O8/c1-15(7-25-17(23)24)12(20)9-5-11-10(4-8(9)6-19)13(21)16(2-3-18)14(11)22/h3-6H,2,7H2,1H3. The van der Waals surface area contributed by atoms with Crippen LogP contribution in [0.4, 0.5) is 0 Å². The molecule has 130 valence electrons. The van der Waals surface area contributed by atoms with E-state index in [1.54, 1.807) is 0 Å². The van der Waals surface area contributed by atoms with Crippen LogP contribution in [0.5, 0.6) is 0 Å². The van der Waals surface area contributed by atoms with Crippen LogP contribution >= 0.6 is 0 Å². The van der Waals surface area contributed by atoms with Gasteiger partial charge in [-0.2, -0.15) is 0 Å². The SMILES string of the molecule is CN(CO[N+](=O)[O-])C(=O)c1cc2c(cc1C=O)C(=O)N(CC=O)C2=O. The number of imide groups is 1. The van der Waals surface area contributed by atoms with Crippen LogP contribution in [0.25, 0.3) is 0 Å². The largest absolute Gasteiger partial charge is 0.318 e. The van der Waals surface area contributed by atoms with E-state index >= 15 is 0 Å². The molecule has 0 aromatic heterocycles. The van der Waals surface area contributed by atoms with Gasteiger partial charge in [-0.05, 0) is 12.1 Å². The predicted octanol–water partition coefficient (Wildman–Crippen LogP) is -0.468. The van der Waals surface area contributed by atoms with Crippen molar-refractivity contribution in [1.29, 1.82) is 0 Å².